The van der Waals surface area contributed by atoms with Gasteiger partial charge in [0.2, 0.25) is 0 Å². The van der Waals surface area contributed by atoms with Crippen LogP contribution in [0.1, 0.15) is 17.9 Å². The van der Waals surface area contributed by atoms with Crippen LogP contribution in [0.25, 0.3) is 0 Å². The Morgan fingerprint density at radius 3 is 2.58 bits per heavy atom. The Kier molecular flexibility index (Phi) is 2.11. The molecule has 0 radical (unpaired) electrons. The van der Waals surface area contributed by atoms with Crippen molar-refractivity contribution in [1.29, 1.82) is 0 Å². The van der Waals surface area contributed by atoms with Crippen LogP contribution in [-0.2, 0) is 0 Å². The zero-order chi connectivity index (χ0) is 8.39. The molecule has 0 spiro atoms. The molecule has 1 aromatic carbocycles. The Labute approximate surface area is 72.4 Å². The van der Waals surface area contributed by atoms with E-state index in [-0.39, 0.29) is 0 Å². The van der Waals surface area contributed by atoms with E-state index in [1.54, 1.807) is 0 Å². The summed E-state index contributed by atoms with van der Waals surface area (Å²) < 4.78 is 0. The fraction of sp³-hybridized carbons (Fsp3) is 0.400. The fourth-order valence-electron chi connectivity index (χ4n) is 1.74. The summed E-state index contributed by atoms with van der Waals surface area (Å²) in [4.78, 5) is 0. The lowest BCUT2D eigenvalue weighted by atomic mass is 9.99. The maximum absolute atomic E-state index is 9.19. The quantitative estimate of drug-likeness (QED) is 0.683. The number of nitrogens with zero attached hydrogens (tertiary/aromatic N) is 1. The normalized spacial score (nSPS) is 24.6. The molecular formula is C10H13NO. The maximum atomic E-state index is 9.19. The zero-order valence-corrected chi connectivity index (χ0v) is 6.98. The third-order valence-electron chi connectivity index (χ3n) is 2.44. The first-order chi connectivity index (χ1) is 5.86. The number of hydrogen-bond acceptors (Lipinski definition) is 2. The lowest BCUT2D eigenvalue weighted by molar-refractivity contribution is -0.0691. The Bertz CT molecular complexity index is 247. The maximum Gasteiger partial charge on any atom is 0.0307 e. The Morgan fingerprint density at radius 2 is 2.00 bits per heavy atom. The van der Waals surface area contributed by atoms with Gasteiger partial charge in [0.1, 0.15) is 0 Å². The van der Waals surface area contributed by atoms with Crippen molar-refractivity contribution in [2.75, 3.05) is 13.1 Å². The van der Waals surface area contributed by atoms with Crippen molar-refractivity contribution >= 4 is 0 Å². The van der Waals surface area contributed by atoms with Crippen molar-refractivity contribution in [1.82, 2.24) is 5.06 Å². The van der Waals surface area contributed by atoms with Gasteiger partial charge in [-0.25, -0.2) is 0 Å². The summed E-state index contributed by atoms with van der Waals surface area (Å²) in [5.41, 5.74) is 1.34. The fourth-order valence-corrected chi connectivity index (χ4v) is 1.74. The molecule has 2 nitrogen and oxygen atoms in total. The number of hydrogen-bond donors (Lipinski definition) is 1. The van der Waals surface area contributed by atoms with Crippen molar-refractivity contribution in [3.05, 3.63) is 35.9 Å². The van der Waals surface area contributed by atoms with Crippen molar-refractivity contribution in [2.24, 2.45) is 0 Å². The Hall–Kier alpha value is -0.860. The van der Waals surface area contributed by atoms with Crippen LogP contribution in [0.2, 0.25) is 0 Å². The largest absolute Gasteiger partial charge is 0.314 e. The van der Waals surface area contributed by atoms with Gasteiger partial charge < -0.3 is 5.21 Å². The Morgan fingerprint density at radius 1 is 1.25 bits per heavy atom. The topological polar surface area (TPSA) is 23.5 Å². The van der Waals surface area contributed by atoms with E-state index in [9.17, 15) is 5.21 Å². The van der Waals surface area contributed by atoms with E-state index in [4.69, 9.17) is 0 Å². The standard InChI is InChI=1S/C10H13NO/c12-11-7-6-10(8-11)9-4-2-1-3-5-9/h1-5,10,12H,6-8H2. The molecule has 0 aromatic heterocycles. The number of hydroxylamine groups is 2. The van der Waals surface area contributed by atoms with Crippen LogP contribution in [0, 0.1) is 0 Å². The molecule has 2 heteroatoms. The SMILES string of the molecule is ON1CCC(c2ccccc2)C1. The second-order valence-electron chi connectivity index (χ2n) is 3.31. The molecule has 1 fully saturated rings. The minimum Gasteiger partial charge on any atom is -0.314 e. The van der Waals surface area contributed by atoms with Crippen LogP contribution >= 0.6 is 0 Å². The first kappa shape index (κ1) is 7.77. The summed E-state index contributed by atoms with van der Waals surface area (Å²) in [6, 6.07) is 10.4. The van der Waals surface area contributed by atoms with E-state index in [0.717, 1.165) is 19.5 Å². The monoisotopic (exact) mass is 163 g/mol. The average molecular weight is 163 g/mol. The smallest absolute Gasteiger partial charge is 0.0307 e. The van der Waals surface area contributed by atoms with Crippen LogP contribution < -0.4 is 0 Å². The van der Waals surface area contributed by atoms with Crippen LogP contribution in [-0.4, -0.2) is 23.4 Å². The second kappa shape index (κ2) is 3.25. The molecule has 0 amide bonds. The lowest BCUT2D eigenvalue weighted by Crippen LogP contribution is -2.14. The predicted molar refractivity (Wildman–Crippen MR) is 47.2 cm³/mol. The van der Waals surface area contributed by atoms with E-state index >= 15 is 0 Å². The van der Waals surface area contributed by atoms with Gasteiger partial charge in [-0.15, -0.1) is 0 Å². The van der Waals surface area contributed by atoms with Gasteiger partial charge >= 0.3 is 0 Å². The number of rotatable bonds is 1. The molecule has 1 aliphatic heterocycles. The van der Waals surface area contributed by atoms with Crippen molar-refractivity contribution in [2.45, 2.75) is 12.3 Å². The van der Waals surface area contributed by atoms with Crippen LogP contribution in [0.4, 0.5) is 0 Å². The van der Waals surface area contributed by atoms with Gasteiger partial charge in [0, 0.05) is 19.0 Å². The molecule has 2 rings (SSSR count). The molecule has 1 aliphatic rings. The minimum atomic E-state index is 0.524. The van der Waals surface area contributed by atoms with E-state index in [1.807, 2.05) is 6.07 Å². The summed E-state index contributed by atoms with van der Waals surface area (Å²) in [5.74, 6) is 0.524. The van der Waals surface area contributed by atoms with Gasteiger partial charge in [-0.1, -0.05) is 30.3 Å². The summed E-state index contributed by atoms with van der Waals surface area (Å²) >= 11 is 0. The molecule has 0 saturated carbocycles. The van der Waals surface area contributed by atoms with Gasteiger partial charge in [-0.2, -0.15) is 5.06 Å². The van der Waals surface area contributed by atoms with Gasteiger partial charge in [0.25, 0.3) is 0 Å². The molecule has 0 aliphatic carbocycles. The molecule has 1 N–H and O–H groups in total. The lowest BCUT2D eigenvalue weighted by Gasteiger charge is -2.08. The van der Waals surface area contributed by atoms with Gasteiger partial charge in [-0.05, 0) is 12.0 Å². The third-order valence-corrected chi connectivity index (χ3v) is 2.44. The van der Waals surface area contributed by atoms with E-state index in [1.165, 1.54) is 10.6 Å². The first-order valence-corrected chi connectivity index (χ1v) is 4.35. The van der Waals surface area contributed by atoms with Crippen molar-refractivity contribution < 1.29 is 5.21 Å². The molecule has 1 atom stereocenters. The summed E-state index contributed by atoms with van der Waals surface area (Å²) in [6.45, 7) is 1.59. The highest BCUT2D eigenvalue weighted by Gasteiger charge is 2.21. The predicted octanol–water partition coefficient (Wildman–Crippen LogP) is 1.87. The van der Waals surface area contributed by atoms with E-state index < -0.39 is 0 Å². The molecule has 1 saturated heterocycles. The Balaban J connectivity index is 2.11. The summed E-state index contributed by atoms with van der Waals surface area (Å²) in [5, 5.41) is 10.6. The highest BCUT2D eigenvalue weighted by molar-refractivity contribution is 5.20. The average Bonchev–Trinajstić information content (AvgIpc) is 2.54. The van der Waals surface area contributed by atoms with Crippen molar-refractivity contribution in [3.63, 3.8) is 0 Å². The molecule has 0 bridgehead atoms. The van der Waals surface area contributed by atoms with Crippen LogP contribution in [0.5, 0.6) is 0 Å². The van der Waals surface area contributed by atoms with Gasteiger partial charge in [0.05, 0.1) is 0 Å². The number of benzene rings is 1. The molecule has 64 valence electrons. The van der Waals surface area contributed by atoms with Gasteiger partial charge in [0.15, 0.2) is 0 Å². The van der Waals surface area contributed by atoms with Gasteiger partial charge in [-0.3, -0.25) is 0 Å². The molecule has 1 heterocycles. The third kappa shape index (κ3) is 1.49. The zero-order valence-electron chi connectivity index (χ0n) is 6.98. The first-order valence-electron chi connectivity index (χ1n) is 4.35. The highest BCUT2D eigenvalue weighted by Crippen LogP contribution is 2.25. The summed E-state index contributed by atoms with van der Waals surface area (Å²) in [6.07, 6.45) is 1.07. The molecular weight excluding hydrogens is 150 g/mol. The van der Waals surface area contributed by atoms with Crippen molar-refractivity contribution in [3.8, 4) is 0 Å². The van der Waals surface area contributed by atoms with Crippen LogP contribution in [0.15, 0.2) is 30.3 Å². The van der Waals surface area contributed by atoms with Crippen LogP contribution in [0.3, 0.4) is 0 Å². The summed E-state index contributed by atoms with van der Waals surface area (Å²) in [7, 11) is 0. The second-order valence-corrected chi connectivity index (χ2v) is 3.31. The minimum absolute atomic E-state index is 0.524. The molecule has 1 aromatic rings. The highest BCUT2D eigenvalue weighted by atomic mass is 16.5. The van der Waals surface area contributed by atoms with E-state index in [2.05, 4.69) is 24.3 Å². The van der Waals surface area contributed by atoms with E-state index in [0.29, 0.717) is 5.92 Å². The molecule has 1 unspecified atom stereocenters. The molecule has 12 heavy (non-hydrogen) atoms.